The Bertz CT molecular complexity index is 405. The predicted octanol–water partition coefficient (Wildman–Crippen LogP) is 0.0191. The molecule has 1 atom stereocenters. The lowest BCUT2D eigenvalue weighted by molar-refractivity contribution is 0.206. The largest absolute Gasteiger partial charge is 0.286 e. The first-order valence-electron chi connectivity index (χ1n) is 4.56. The van der Waals surface area contributed by atoms with E-state index < -0.39 is 37.8 Å². The Morgan fingerprint density at radius 3 is 2.20 bits per heavy atom. The van der Waals surface area contributed by atoms with Gasteiger partial charge in [-0.25, -0.2) is 0 Å². The van der Waals surface area contributed by atoms with Crippen LogP contribution in [0.3, 0.4) is 0 Å². The summed E-state index contributed by atoms with van der Waals surface area (Å²) in [6.45, 7) is 1.64. The van der Waals surface area contributed by atoms with E-state index in [0.717, 1.165) is 12.8 Å². The molecule has 1 N–H and O–H groups in total. The molecule has 0 heterocycles. The highest BCUT2D eigenvalue weighted by Crippen LogP contribution is 2.34. The van der Waals surface area contributed by atoms with Gasteiger partial charge in [0.15, 0.2) is 0 Å². The van der Waals surface area contributed by atoms with E-state index in [1.807, 2.05) is 0 Å². The zero-order chi connectivity index (χ0) is 11.7. The minimum Gasteiger partial charge on any atom is -0.286 e. The quantitative estimate of drug-likeness (QED) is 0.532. The molecule has 0 aromatic rings. The second kappa shape index (κ2) is 4.36. The van der Waals surface area contributed by atoms with E-state index in [0.29, 0.717) is 0 Å². The molecule has 90 valence electrons. The molecule has 8 heteroatoms. The van der Waals surface area contributed by atoms with Gasteiger partial charge < -0.3 is 0 Å². The molecule has 1 aliphatic carbocycles. The Labute approximate surface area is 89.5 Å². The number of rotatable bonds is 6. The van der Waals surface area contributed by atoms with Gasteiger partial charge in [-0.05, 0) is 25.7 Å². The van der Waals surface area contributed by atoms with Crippen LogP contribution in [0.5, 0.6) is 0 Å². The molecule has 1 saturated carbocycles. The summed E-state index contributed by atoms with van der Waals surface area (Å²) < 4.78 is 56.3. The molecule has 0 amide bonds. The summed E-state index contributed by atoms with van der Waals surface area (Å²) >= 11 is 0. The number of hydrogen-bond donors (Lipinski definition) is 1. The summed E-state index contributed by atoms with van der Waals surface area (Å²) in [4.78, 5) is 0. The van der Waals surface area contributed by atoms with Crippen molar-refractivity contribution in [1.82, 2.24) is 0 Å². The van der Waals surface area contributed by atoms with Gasteiger partial charge in [-0.1, -0.05) is 0 Å². The minimum absolute atomic E-state index is 0.255. The van der Waals surface area contributed by atoms with E-state index in [1.165, 1.54) is 0 Å². The van der Waals surface area contributed by atoms with Crippen LogP contribution in [0, 0.1) is 5.92 Å². The van der Waals surface area contributed by atoms with Crippen molar-refractivity contribution < 1.29 is 25.6 Å². The SMILES string of the molecule is CC(OS(=O)(=O)CCS(=O)(=O)O)C1CC1. The maximum Gasteiger partial charge on any atom is 0.268 e. The Morgan fingerprint density at radius 1 is 1.27 bits per heavy atom. The molecule has 0 radical (unpaired) electrons. The lowest BCUT2D eigenvalue weighted by Gasteiger charge is -2.11. The van der Waals surface area contributed by atoms with Crippen LogP contribution < -0.4 is 0 Å². The average Bonchev–Trinajstić information content (AvgIpc) is 2.80. The highest BCUT2D eigenvalue weighted by atomic mass is 32.2. The summed E-state index contributed by atoms with van der Waals surface area (Å²) in [5.41, 5.74) is 0. The summed E-state index contributed by atoms with van der Waals surface area (Å²) in [5.74, 6) is -1.28. The zero-order valence-corrected chi connectivity index (χ0v) is 9.92. The van der Waals surface area contributed by atoms with Crippen LogP contribution in [0.4, 0.5) is 0 Å². The molecule has 0 aromatic carbocycles. The third-order valence-corrected chi connectivity index (χ3v) is 4.45. The molecule has 0 saturated heterocycles. The van der Waals surface area contributed by atoms with Gasteiger partial charge in [-0.2, -0.15) is 16.8 Å². The average molecular weight is 258 g/mol. The molecule has 0 aromatic heterocycles. The Hall–Kier alpha value is -0.180. The second-order valence-electron chi connectivity index (χ2n) is 3.69. The highest BCUT2D eigenvalue weighted by molar-refractivity contribution is 7.90. The monoisotopic (exact) mass is 258 g/mol. The normalized spacial score (nSPS) is 20.1. The van der Waals surface area contributed by atoms with Crippen molar-refractivity contribution in [3.05, 3.63) is 0 Å². The molecule has 1 rings (SSSR count). The van der Waals surface area contributed by atoms with Crippen LogP contribution in [0.2, 0.25) is 0 Å². The fourth-order valence-electron chi connectivity index (χ4n) is 1.13. The van der Waals surface area contributed by atoms with Crippen LogP contribution >= 0.6 is 0 Å². The van der Waals surface area contributed by atoms with Gasteiger partial charge in [-0.15, -0.1) is 0 Å². The Morgan fingerprint density at radius 2 is 1.80 bits per heavy atom. The number of hydrogen-bond acceptors (Lipinski definition) is 5. The summed E-state index contributed by atoms with van der Waals surface area (Å²) in [5, 5.41) is 0. The summed E-state index contributed by atoms with van der Waals surface area (Å²) in [7, 11) is -8.12. The second-order valence-corrected chi connectivity index (χ2v) is 6.97. The topological polar surface area (TPSA) is 97.7 Å². The lowest BCUT2D eigenvalue weighted by Crippen LogP contribution is -2.23. The van der Waals surface area contributed by atoms with Crippen LogP contribution in [-0.2, 0) is 24.4 Å². The maximum absolute atomic E-state index is 11.2. The molecule has 1 aliphatic rings. The van der Waals surface area contributed by atoms with E-state index >= 15 is 0 Å². The molecule has 15 heavy (non-hydrogen) atoms. The standard InChI is InChI=1S/C7H14O6S2/c1-6(7-2-3-7)13-15(11,12)5-4-14(8,9)10/h6-7H,2-5H2,1H3,(H,8,9,10). The first-order valence-corrected chi connectivity index (χ1v) is 7.74. The van der Waals surface area contributed by atoms with E-state index in [2.05, 4.69) is 0 Å². The lowest BCUT2D eigenvalue weighted by atomic mass is 10.3. The first-order chi connectivity index (χ1) is 6.70. The van der Waals surface area contributed by atoms with Gasteiger partial charge in [0.1, 0.15) is 0 Å². The molecular formula is C7H14O6S2. The van der Waals surface area contributed by atoms with Crippen molar-refractivity contribution in [2.75, 3.05) is 11.5 Å². The van der Waals surface area contributed by atoms with Crippen molar-refractivity contribution >= 4 is 20.2 Å². The van der Waals surface area contributed by atoms with Gasteiger partial charge >= 0.3 is 0 Å². The van der Waals surface area contributed by atoms with E-state index in [9.17, 15) is 16.8 Å². The van der Waals surface area contributed by atoms with E-state index in [4.69, 9.17) is 8.74 Å². The third-order valence-electron chi connectivity index (χ3n) is 2.18. The molecular weight excluding hydrogens is 244 g/mol. The van der Waals surface area contributed by atoms with Gasteiger partial charge in [0.2, 0.25) is 0 Å². The van der Waals surface area contributed by atoms with Crippen molar-refractivity contribution in [3.63, 3.8) is 0 Å². The van der Waals surface area contributed by atoms with Crippen molar-refractivity contribution in [2.24, 2.45) is 5.92 Å². The predicted molar refractivity (Wildman–Crippen MR) is 53.5 cm³/mol. The molecule has 1 fully saturated rings. The van der Waals surface area contributed by atoms with E-state index in [1.54, 1.807) is 6.92 Å². The molecule has 0 aliphatic heterocycles. The first kappa shape index (κ1) is 12.9. The van der Waals surface area contributed by atoms with Crippen LogP contribution in [0.15, 0.2) is 0 Å². The molecule has 1 unspecified atom stereocenters. The van der Waals surface area contributed by atoms with Gasteiger partial charge in [0, 0.05) is 0 Å². The fourth-order valence-corrected chi connectivity index (χ4v) is 3.51. The third kappa shape index (κ3) is 5.45. The van der Waals surface area contributed by atoms with Gasteiger partial charge in [-0.3, -0.25) is 8.74 Å². The molecule has 6 nitrogen and oxygen atoms in total. The zero-order valence-electron chi connectivity index (χ0n) is 8.29. The molecule has 0 spiro atoms. The Balaban J connectivity index is 2.44. The Kier molecular flexibility index (Phi) is 3.75. The van der Waals surface area contributed by atoms with Gasteiger partial charge in [0.25, 0.3) is 20.2 Å². The van der Waals surface area contributed by atoms with Crippen LogP contribution in [-0.4, -0.2) is 39.0 Å². The summed E-state index contributed by atoms with van der Waals surface area (Å²) in [6, 6.07) is 0. The molecule has 0 bridgehead atoms. The minimum atomic E-state index is -4.26. The smallest absolute Gasteiger partial charge is 0.268 e. The fraction of sp³-hybridized carbons (Fsp3) is 1.00. The van der Waals surface area contributed by atoms with Crippen LogP contribution in [0.25, 0.3) is 0 Å². The van der Waals surface area contributed by atoms with E-state index in [-0.39, 0.29) is 5.92 Å². The highest BCUT2D eigenvalue weighted by Gasteiger charge is 2.32. The summed E-state index contributed by atoms with van der Waals surface area (Å²) in [6.07, 6.45) is 1.47. The van der Waals surface area contributed by atoms with Crippen molar-refractivity contribution in [2.45, 2.75) is 25.9 Å². The maximum atomic E-state index is 11.2. The van der Waals surface area contributed by atoms with Crippen molar-refractivity contribution in [3.8, 4) is 0 Å². The van der Waals surface area contributed by atoms with Gasteiger partial charge in [0.05, 0.1) is 17.6 Å². The van der Waals surface area contributed by atoms with Crippen molar-refractivity contribution in [1.29, 1.82) is 0 Å². The van der Waals surface area contributed by atoms with Crippen LogP contribution in [0.1, 0.15) is 19.8 Å².